The molecule has 0 aromatic heterocycles. The second-order valence-corrected chi connectivity index (χ2v) is 8.47. The van der Waals surface area contributed by atoms with E-state index in [4.69, 9.17) is 5.73 Å². The molecule has 1 aliphatic heterocycles. The minimum Gasteiger partial charge on any atom is -0.630 e. The Kier molecular flexibility index (Phi) is 4.98. The van der Waals surface area contributed by atoms with Crippen molar-refractivity contribution in [2.24, 2.45) is 10.7 Å². The Labute approximate surface area is 139 Å². The Morgan fingerprint density at radius 3 is 2.54 bits per heavy atom. The molecule has 134 valence electrons. The summed E-state index contributed by atoms with van der Waals surface area (Å²) in [6, 6.07) is 3.58. The van der Waals surface area contributed by atoms with E-state index in [1.807, 2.05) is 0 Å². The highest BCUT2D eigenvalue weighted by Crippen LogP contribution is 2.43. The van der Waals surface area contributed by atoms with Crippen molar-refractivity contribution < 1.29 is 22.7 Å². The number of hydrogen-bond donors (Lipinski definition) is 2. The van der Waals surface area contributed by atoms with Gasteiger partial charge < -0.3 is 16.4 Å². The molecule has 0 radical (unpaired) electrons. The van der Waals surface area contributed by atoms with Gasteiger partial charge in [0.2, 0.25) is 0 Å². The van der Waals surface area contributed by atoms with E-state index in [0.29, 0.717) is 5.48 Å². The molecule has 0 spiro atoms. The molecule has 1 aromatic rings. The van der Waals surface area contributed by atoms with Crippen molar-refractivity contribution in [1.29, 1.82) is 0 Å². The van der Waals surface area contributed by atoms with Gasteiger partial charge in [-0.1, -0.05) is 6.92 Å². The number of nitrogens with two attached hydrogens (primary N) is 2. The Balaban J connectivity index is 2.64. The van der Waals surface area contributed by atoms with Crippen molar-refractivity contribution in [2.45, 2.75) is 36.5 Å². The summed E-state index contributed by atoms with van der Waals surface area (Å²) < 4.78 is 51.1. The normalized spacial score (nSPS) is 27.8. The highest BCUT2D eigenvalue weighted by Gasteiger charge is 2.51. The van der Waals surface area contributed by atoms with Gasteiger partial charge in [0.25, 0.3) is 0 Å². The first kappa shape index (κ1) is 18.8. The minimum atomic E-state index is -3.58. The molecule has 4 N–H and O–H groups in total. The van der Waals surface area contributed by atoms with Crippen molar-refractivity contribution in [2.75, 3.05) is 12.9 Å². The molecule has 0 saturated carbocycles. The lowest BCUT2D eigenvalue weighted by atomic mass is 9.79. The highest BCUT2D eigenvalue weighted by atomic mass is 32.2. The van der Waals surface area contributed by atoms with E-state index in [9.17, 15) is 22.4 Å². The van der Waals surface area contributed by atoms with Gasteiger partial charge in [0.05, 0.1) is 0 Å². The lowest BCUT2D eigenvalue weighted by molar-refractivity contribution is -0.497. The molecule has 9 heteroatoms. The second kappa shape index (κ2) is 6.38. The number of hydrogen-bond acceptors (Lipinski definition) is 5. The van der Waals surface area contributed by atoms with E-state index < -0.39 is 32.6 Å². The largest absolute Gasteiger partial charge is 0.630 e. The molecule has 2 atom stereocenters. The van der Waals surface area contributed by atoms with Crippen molar-refractivity contribution in [3.63, 3.8) is 0 Å². The molecular weight excluding hydrogens is 340 g/mol. The number of aliphatic imine (C=N–C) groups is 1. The summed E-state index contributed by atoms with van der Waals surface area (Å²) in [7, 11) is -3.58. The van der Waals surface area contributed by atoms with Gasteiger partial charge in [0.1, 0.15) is 34.3 Å². The zero-order chi connectivity index (χ0) is 18.2. The third kappa shape index (κ3) is 2.80. The number of rotatable bonds is 5. The Bertz CT molecular complexity index is 769. The highest BCUT2D eigenvalue weighted by molar-refractivity contribution is 7.92. The number of amidine groups is 1. The first-order valence-electron chi connectivity index (χ1n) is 7.52. The Morgan fingerprint density at radius 1 is 1.42 bits per heavy atom. The van der Waals surface area contributed by atoms with E-state index in [1.54, 1.807) is 6.92 Å². The molecule has 1 aromatic carbocycles. The number of quaternary nitrogens is 1. The number of nitrogens with zero attached hydrogens (tertiary/aromatic N) is 1. The van der Waals surface area contributed by atoms with Crippen LogP contribution in [0.5, 0.6) is 0 Å². The maximum atomic E-state index is 14.2. The molecule has 0 bridgehead atoms. The van der Waals surface area contributed by atoms with Crippen molar-refractivity contribution in [1.82, 2.24) is 0 Å². The topological polar surface area (TPSA) is 112 Å². The third-order valence-corrected chi connectivity index (χ3v) is 6.99. The van der Waals surface area contributed by atoms with Crippen molar-refractivity contribution in [3.05, 3.63) is 34.8 Å². The molecule has 1 unspecified atom stereocenters. The summed E-state index contributed by atoms with van der Waals surface area (Å²) in [4.78, 5) is 4.11. The zero-order valence-corrected chi connectivity index (χ0v) is 14.4. The fourth-order valence-electron chi connectivity index (χ4n) is 3.26. The summed E-state index contributed by atoms with van der Waals surface area (Å²) in [5.74, 6) is -0.925. The van der Waals surface area contributed by atoms with E-state index in [0.717, 1.165) is 12.3 Å². The molecule has 2 rings (SSSR count). The molecule has 24 heavy (non-hydrogen) atoms. The van der Waals surface area contributed by atoms with Crippen LogP contribution in [-0.4, -0.2) is 31.9 Å². The number of alkyl halides is 1. The van der Waals surface area contributed by atoms with Gasteiger partial charge in [-0.3, -0.25) is 4.99 Å². The van der Waals surface area contributed by atoms with Gasteiger partial charge >= 0.3 is 0 Å². The van der Waals surface area contributed by atoms with Crippen LogP contribution in [0.1, 0.15) is 31.7 Å². The smallest absolute Gasteiger partial charge is 0.160 e. The van der Waals surface area contributed by atoms with Crippen LogP contribution in [0, 0.1) is 11.0 Å². The average Bonchev–Trinajstić information content (AvgIpc) is 2.54. The lowest BCUT2D eigenvalue weighted by Gasteiger charge is -2.41. The summed E-state index contributed by atoms with van der Waals surface area (Å²) in [6.45, 7) is 0.621. The molecule has 0 amide bonds. The van der Waals surface area contributed by atoms with Gasteiger partial charge in [0, 0.05) is 24.0 Å². The van der Waals surface area contributed by atoms with Gasteiger partial charge in [0.15, 0.2) is 9.84 Å². The fraction of sp³-hybridized carbons (Fsp3) is 0.533. The van der Waals surface area contributed by atoms with Gasteiger partial charge in [-0.2, -0.15) is 0 Å². The van der Waals surface area contributed by atoms with Crippen LogP contribution >= 0.6 is 0 Å². The first-order valence-corrected chi connectivity index (χ1v) is 9.41. The molecule has 0 fully saturated rings. The SMILES string of the molecule is CCC1(S(C)(=O)=O)CC[C@@](CF)(c2cc([NH2+][O-])ccc2F)N=C1N. The standard InChI is InChI=1S/C15H21F2N3O3S/c1-3-15(24(2,22)23)7-6-14(9-16,19-13(15)18)11-8-10(20-21)4-5-12(11)17/h4-5,8H,3,6-7,9,20H2,1-2H3,(H2,18,19)/t14-,15?/m1/s1. The van der Waals surface area contributed by atoms with Crippen molar-refractivity contribution >= 4 is 21.4 Å². The van der Waals surface area contributed by atoms with Crippen LogP contribution in [0.4, 0.5) is 14.5 Å². The molecular formula is C15H21F2N3O3S. The number of halogens is 2. The van der Waals surface area contributed by atoms with Crippen molar-refractivity contribution in [3.8, 4) is 0 Å². The van der Waals surface area contributed by atoms with Gasteiger partial charge in [-0.25, -0.2) is 17.2 Å². The van der Waals surface area contributed by atoms with E-state index in [-0.39, 0.29) is 36.3 Å². The quantitative estimate of drug-likeness (QED) is 0.602. The molecule has 1 aliphatic rings. The number of sulfone groups is 1. The van der Waals surface area contributed by atoms with E-state index in [2.05, 4.69) is 4.99 Å². The van der Waals surface area contributed by atoms with Crippen LogP contribution in [0.15, 0.2) is 23.2 Å². The summed E-state index contributed by atoms with van der Waals surface area (Å²) in [5.41, 5.74) is 4.94. The monoisotopic (exact) mass is 361 g/mol. The molecule has 1 heterocycles. The second-order valence-electron chi connectivity index (χ2n) is 6.14. The van der Waals surface area contributed by atoms with Crippen LogP contribution in [-0.2, 0) is 15.4 Å². The fourth-order valence-corrected chi connectivity index (χ4v) is 4.68. The summed E-state index contributed by atoms with van der Waals surface area (Å²) in [5, 5.41) is 10.9. The first-order chi connectivity index (χ1) is 11.2. The van der Waals surface area contributed by atoms with Crippen LogP contribution in [0.25, 0.3) is 0 Å². The van der Waals surface area contributed by atoms with Crippen LogP contribution in [0.2, 0.25) is 0 Å². The molecule has 0 aliphatic carbocycles. The maximum Gasteiger partial charge on any atom is 0.160 e. The van der Waals surface area contributed by atoms with E-state index >= 15 is 0 Å². The Hall–Kier alpha value is -1.58. The van der Waals surface area contributed by atoms with E-state index in [1.165, 1.54) is 12.1 Å². The lowest BCUT2D eigenvalue weighted by Crippen LogP contribution is -2.70. The van der Waals surface area contributed by atoms with Gasteiger partial charge in [-0.15, -0.1) is 0 Å². The summed E-state index contributed by atoms with van der Waals surface area (Å²) in [6.07, 6.45) is 1.27. The maximum absolute atomic E-state index is 14.2. The molecule has 6 nitrogen and oxygen atoms in total. The molecule has 0 saturated heterocycles. The minimum absolute atomic E-state index is 0.0235. The average molecular weight is 361 g/mol. The predicted octanol–water partition coefficient (Wildman–Crippen LogP) is 1.03. The predicted molar refractivity (Wildman–Crippen MR) is 87.7 cm³/mol. The summed E-state index contributed by atoms with van der Waals surface area (Å²) >= 11 is 0. The van der Waals surface area contributed by atoms with Crippen LogP contribution < -0.4 is 11.2 Å². The zero-order valence-electron chi connectivity index (χ0n) is 13.6. The number of benzene rings is 1. The third-order valence-electron chi connectivity index (χ3n) is 4.87. The van der Waals surface area contributed by atoms with Gasteiger partial charge in [-0.05, 0) is 25.3 Å². The Morgan fingerprint density at radius 2 is 2.08 bits per heavy atom. The van der Waals surface area contributed by atoms with Crippen LogP contribution in [0.3, 0.4) is 0 Å².